The van der Waals surface area contributed by atoms with Gasteiger partial charge < -0.3 is 11.5 Å². The number of sulfonamides is 1. The Morgan fingerprint density at radius 2 is 1.47 bits per heavy atom. The van der Waals surface area contributed by atoms with Crippen molar-refractivity contribution in [1.82, 2.24) is 0 Å². The third-order valence-electron chi connectivity index (χ3n) is 1.91. The molecule has 0 heterocycles. The number of benzene rings is 1. The molecule has 2 amide bonds. The molecule has 0 atom stereocenters. The number of primary amides is 2. The molecule has 0 aliphatic heterocycles. The Morgan fingerprint density at radius 1 is 1.06 bits per heavy atom. The second-order valence-electron chi connectivity index (χ2n) is 3.10. The van der Waals surface area contributed by atoms with Crippen LogP contribution in [0.2, 0.25) is 5.02 Å². The standard InChI is InChI=1S/C8H8ClN3O4S/c9-5-1-3(7(10)13)4(8(11)14)2-6(5)17(12,15)16/h1-2H,(H2,10,13)(H2,11,14)(H2,12,15,16). The molecule has 0 saturated carbocycles. The lowest BCUT2D eigenvalue weighted by molar-refractivity contribution is 0.0967. The molecule has 0 aromatic heterocycles. The second kappa shape index (κ2) is 4.32. The van der Waals surface area contributed by atoms with Crippen LogP contribution in [0.4, 0.5) is 0 Å². The fourth-order valence-corrected chi connectivity index (χ4v) is 2.28. The van der Waals surface area contributed by atoms with Gasteiger partial charge in [0.1, 0.15) is 4.90 Å². The van der Waals surface area contributed by atoms with Gasteiger partial charge in [0, 0.05) is 0 Å². The van der Waals surface area contributed by atoms with Crippen LogP contribution in [0, 0.1) is 0 Å². The summed E-state index contributed by atoms with van der Waals surface area (Å²) in [5.41, 5.74) is 9.36. The molecule has 0 bridgehead atoms. The van der Waals surface area contributed by atoms with Crippen LogP contribution in [0.3, 0.4) is 0 Å². The minimum atomic E-state index is -4.12. The fraction of sp³-hybridized carbons (Fsp3) is 0. The van der Waals surface area contributed by atoms with E-state index in [0.29, 0.717) is 0 Å². The van der Waals surface area contributed by atoms with E-state index in [1.54, 1.807) is 0 Å². The average Bonchev–Trinajstić information content (AvgIpc) is 2.14. The molecule has 9 heteroatoms. The Balaban J connectivity index is 3.69. The Labute approximate surface area is 102 Å². The zero-order valence-corrected chi connectivity index (χ0v) is 9.88. The van der Waals surface area contributed by atoms with Crippen molar-refractivity contribution in [3.8, 4) is 0 Å². The van der Waals surface area contributed by atoms with Crippen molar-refractivity contribution in [2.45, 2.75) is 4.90 Å². The molecule has 0 aliphatic carbocycles. The number of halogens is 1. The van der Waals surface area contributed by atoms with Gasteiger partial charge in [0.2, 0.25) is 21.8 Å². The number of amides is 2. The molecule has 1 aromatic rings. The van der Waals surface area contributed by atoms with Gasteiger partial charge in [-0.05, 0) is 12.1 Å². The number of primary sulfonamides is 1. The van der Waals surface area contributed by atoms with E-state index in [1.165, 1.54) is 0 Å². The summed E-state index contributed by atoms with van der Waals surface area (Å²) in [6.07, 6.45) is 0. The van der Waals surface area contributed by atoms with Gasteiger partial charge >= 0.3 is 0 Å². The Bertz CT molecular complexity index is 611. The summed E-state index contributed by atoms with van der Waals surface area (Å²) >= 11 is 5.62. The molecule has 0 unspecified atom stereocenters. The van der Waals surface area contributed by atoms with E-state index >= 15 is 0 Å². The van der Waals surface area contributed by atoms with Gasteiger partial charge in [-0.2, -0.15) is 0 Å². The van der Waals surface area contributed by atoms with E-state index in [0.717, 1.165) is 12.1 Å². The van der Waals surface area contributed by atoms with Crippen LogP contribution in [0.15, 0.2) is 17.0 Å². The van der Waals surface area contributed by atoms with Crippen molar-refractivity contribution in [3.05, 3.63) is 28.3 Å². The van der Waals surface area contributed by atoms with Gasteiger partial charge in [-0.1, -0.05) is 11.6 Å². The summed E-state index contributed by atoms with van der Waals surface area (Å²) in [6, 6.07) is 1.75. The van der Waals surface area contributed by atoms with Crippen LogP contribution < -0.4 is 16.6 Å². The summed E-state index contributed by atoms with van der Waals surface area (Å²) in [6.45, 7) is 0. The van der Waals surface area contributed by atoms with Crippen LogP contribution >= 0.6 is 11.6 Å². The maximum atomic E-state index is 11.1. The van der Waals surface area contributed by atoms with E-state index in [1.807, 2.05) is 0 Å². The first-order valence-electron chi connectivity index (χ1n) is 4.10. The zero-order valence-electron chi connectivity index (χ0n) is 8.31. The highest BCUT2D eigenvalue weighted by molar-refractivity contribution is 7.89. The summed E-state index contributed by atoms with van der Waals surface area (Å²) < 4.78 is 22.3. The maximum Gasteiger partial charge on any atom is 0.249 e. The number of hydrogen-bond donors (Lipinski definition) is 3. The lowest BCUT2D eigenvalue weighted by atomic mass is 10.1. The summed E-state index contributed by atoms with van der Waals surface area (Å²) in [7, 11) is -4.12. The molecule has 7 nitrogen and oxygen atoms in total. The van der Waals surface area contributed by atoms with Crippen molar-refractivity contribution in [2.75, 3.05) is 0 Å². The Hall–Kier alpha value is -1.64. The van der Waals surface area contributed by atoms with Gasteiger partial charge in [0.05, 0.1) is 16.1 Å². The van der Waals surface area contributed by atoms with Crippen LogP contribution in [-0.4, -0.2) is 20.2 Å². The highest BCUT2D eigenvalue weighted by Crippen LogP contribution is 2.24. The van der Waals surface area contributed by atoms with Crippen LogP contribution in [0.25, 0.3) is 0 Å². The molecule has 0 saturated heterocycles. The first-order chi connectivity index (χ1) is 7.64. The SMILES string of the molecule is NC(=O)c1cc(Cl)c(S(N)(=O)=O)cc1C(N)=O. The molecule has 0 radical (unpaired) electrons. The minimum Gasteiger partial charge on any atom is -0.366 e. The smallest absolute Gasteiger partial charge is 0.249 e. The number of carbonyl (C=O) groups is 2. The van der Waals surface area contributed by atoms with Crippen molar-refractivity contribution in [2.24, 2.45) is 16.6 Å². The minimum absolute atomic E-state index is 0.269. The second-order valence-corrected chi connectivity index (χ2v) is 5.04. The van der Waals surface area contributed by atoms with Crippen molar-refractivity contribution < 1.29 is 18.0 Å². The van der Waals surface area contributed by atoms with Crippen molar-refractivity contribution in [1.29, 1.82) is 0 Å². The summed E-state index contributed by atoms with van der Waals surface area (Å²) in [5.74, 6) is -1.97. The van der Waals surface area contributed by atoms with Gasteiger partial charge in [-0.25, -0.2) is 13.6 Å². The predicted octanol–water partition coefficient (Wildman–Crippen LogP) is -0.815. The third-order valence-corrected chi connectivity index (χ3v) is 3.29. The third kappa shape index (κ3) is 2.73. The highest BCUT2D eigenvalue weighted by Gasteiger charge is 2.21. The average molecular weight is 278 g/mol. The maximum absolute atomic E-state index is 11.1. The number of nitrogens with two attached hydrogens (primary N) is 3. The normalized spacial score (nSPS) is 11.2. The number of rotatable bonds is 3. The van der Waals surface area contributed by atoms with Crippen molar-refractivity contribution in [3.63, 3.8) is 0 Å². The number of carbonyl (C=O) groups excluding carboxylic acids is 2. The molecule has 0 fully saturated rings. The molecule has 0 spiro atoms. The zero-order chi connectivity index (χ0) is 13.4. The molecule has 0 aliphatic rings. The van der Waals surface area contributed by atoms with Crippen molar-refractivity contribution >= 4 is 33.4 Å². The van der Waals surface area contributed by atoms with E-state index in [-0.39, 0.29) is 16.1 Å². The van der Waals surface area contributed by atoms with Gasteiger partial charge in [-0.15, -0.1) is 0 Å². The lowest BCUT2D eigenvalue weighted by Gasteiger charge is -2.07. The van der Waals surface area contributed by atoms with Gasteiger partial charge in [0.15, 0.2) is 0 Å². The molecule has 1 aromatic carbocycles. The summed E-state index contributed by atoms with van der Waals surface area (Å²) in [4.78, 5) is 21.6. The largest absolute Gasteiger partial charge is 0.366 e. The number of hydrogen-bond acceptors (Lipinski definition) is 4. The fourth-order valence-electron chi connectivity index (χ4n) is 1.18. The quantitative estimate of drug-likeness (QED) is 0.662. The van der Waals surface area contributed by atoms with Crippen LogP contribution in [-0.2, 0) is 10.0 Å². The molecule has 92 valence electrons. The predicted molar refractivity (Wildman–Crippen MR) is 59.9 cm³/mol. The van der Waals surface area contributed by atoms with Crippen LogP contribution in [0.5, 0.6) is 0 Å². The topological polar surface area (TPSA) is 146 Å². The summed E-state index contributed by atoms with van der Waals surface area (Å²) in [5, 5.41) is 4.56. The van der Waals surface area contributed by atoms with Gasteiger partial charge in [-0.3, -0.25) is 9.59 Å². The molecule has 17 heavy (non-hydrogen) atoms. The van der Waals surface area contributed by atoms with Gasteiger partial charge in [0.25, 0.3) is 0 Å². The Morgan fingerprint density at radius 3 is 1.82 bits per heavy atom. The Kier molecular flexibility index (Phi) is 3.41. The van der Waals surface area contributed by atoms with Crippen LogP contribution in [0.1, 0.15) is 20.7 Å². The molecule has 6 N–H and O–H groups in total. The van der Waals surface area contributed by atoms with E-state index < -0.39 is 26.7 Å². The molecular weight excluding hydrogens is 270 g/mol. The lowest BCUT2D eigenvalue weighted by Crippen LogP contribution is -2.22. The van der Waals surface area contributed by atoms with E-state index in [4.69, 9.17) is 28.2 Å². The first-order valence-corrected chi connectivity index (χ1v) is 6.03. The first kappa shape index (κ1) is 13.4. The van der Waals surface area contributed by atoms with E-state index in [2.05, 4.69) is 0 Å². The molecule has 1 rings (SSSR count). The highest BCUT2D eigenvalue weighted by atomic mass is 35.5. The van der Waals surface area contributed by atoms with E-state index in [9.17, 15) is 18.0 Å². The molecular formula is C8H8ClN3O4S. The monoisotopic (exact) mass is 277 g/mol.